The maximum atomic E-state index is 13.0. The Bertz CT molecular complexity index is 1440. The molecule has 0 aliphatic heterocycles. The van der Waals surface area contributed by atoms with E-state index in [1.807, 2.05) is 0 Å². The zero-order valence-corrected chi connectivity index (χ0v) is 19.4. The number of para-hydroxylation sites is 2. The highest BCUT2D eigenvalue weighted by Gasteiger charge is 2.30. The predicted octanol–water partition coefficient (Wildman–Crippen LogP) is 6.86. The summed E-state index contributed by atoms with van der Waals surface area (Å²) in [6, 6.07) is 25.1. The number of carbonyl (C=O) groups excluding carboxylic acids is 2. The molecule has 0 bridgehead atoms. The highest BCUT2D eigenvalue weighted by atomic mass is 19.4. The zero-order valence-electron chi connectivity index (χ0n) is 19.4. The third-order valence-electron chi connectivity index (χ3n) is 5.51. The Hall–Kier alpha value is -4.85. The molecule has 0 unspecified atom stereocenters. The molecule has 0 heterocycles. The van der Waals surface area contributed by atoms with Crippen LogP contribution in [0, 0.1) is 0 Å². The van der Waals surface area contributed by atoms with Crippen molar-refractivity contribution >= 4 is 35.0 Å². The van der Waals surface area contributed by atoms with Gasteiger partial charge in [-0.05, 0) is 65.2 Å². The van der Waals surface area contributed by atoms with Crippen molar-refractivity contribution in [2.45, 2.75) is 6.18 Å². The van der Waals surface area contributed by atoms with Crippen molar-refractivity contribution in [1.82, 2.24) is 0 Å². The maximum absolute atomic E-state index is 13.0. The van der Waals surface area contributed by atoms with Gasteiger partial charge in [-0.1, -0.05) is 54.6 Å². The normalized spacial score (nSPS) is 11.3. The molecule has 0 aromatic heterocycles. The van der Waals surface area contributed by atoms with Crippen LogP contribution in [0.1, 0.15) is 21.5 Å². The molecule has 5 nitrogen and oxygen atoms in total. The van der Waals surface area contributed by atoms with Crippen LogP contribution in [-0.4, -0.2) is 11.8 Å². The first-order valence-corrected chi connectivity index (χ1v) is 11.2. The lowest BCUT2D eigenvalue weighted by atomic mass is 9.98. The average molecular weight is 502 g/mol. The molecule has 4 N–H and O–H groups in total. The van der Waals surface area contributed by atoms with E-state index in [9.17, 15) is 22.8 Å². The summed E-state index contributed by atoms with van der Waals surface area (Å²) in [7, 11) is 0. The quantitative estimate of drug-likeness (QED) is 0.199. The fourth-order valence-corrected chi connectivity index (χ4v) is 3.60. The van der Waals surface area contributed by atoms with Crippen LogP contribution in [0.4, 0.5) is 30.2 Å². The number of anilines is 3. The second kappa shape index (κ2) is 10.8. The Balaban J connectivity index is 1.43. The van der Waals surface area contributed by atoms with E-state index in [1.54, 1.807) is 78.9 Å². The molecule has 4 rings (SSSR count). The van der Waals surface area contributed by atoms with Gasteiger partial charge in [0.15, 0.2) is 0 Å². The smallest absolute Gasteiger partial charge is 0.397 e. The molecule has 186 valence electrons. The van der Waals surface area contributed by atoms with E-state index in [-0.39, 0.29) is 5.91 Å². The average Bonchev–Trinajstić information content (AvgIpc) is 2.89. The van der Waals surface area contributed by atoms with Crippen molar-refractivity contribution in [3.8, 4) is 11.1 Å². The SMILES string of the molecule is Nc1ccccc1NC(=O)/C=C/c1ccc(NC(=O)c2ccccc2-c2ccc(C(F)(F)F)cc2)cc1. The second-order valence-corrected chi connectivity index (χ2v) is 8.11. The number of carbonyl (C=O) groups is 2. The molecule has 4 aromatic carbocycles. The predicted molar refractivity (Wildman–Crippen MR) is 140 cm³/mol. The highest BCUT2D eigenvalue weighted by Crippen LogP contribution is 2.32. The van der Waals surface area contributed by atoms with E-state index >= 15 is 0 Å². The third-order valence-corrected chi connectivity index (χ3v) is 5.51. The molecule has 0 saturated heterocycles. The van der Waals surface area contributed by atoms with Crippen molar-refractivity contribution in [2.75, 3.05) is 16.4 Å². The fraction of sp³-hybridized carbons (Fsp3) is 0.0345. The van der Waals surface area contributed by atoms with Gasteiger partial charge in [-0.25, -0.2) is 0 Å². The summed E-state index contributed by atoms with van der Waals surface area (Å²) in [5, 5.41) is 5.50. The third kappa shape index (κ3) is 6.43. The Morgan fingerprint density at radius 3 is 2.08 bits per heavy atom. The minimum absolute atomic E-state index is 0.322. The summed E-state index contributed by atoms with van der Waals surface area (Å²) < 4.78 is 38.7. The molecule has 2 amide bonds. The van der Waals surface area contributed by atoms with Gasteiger partial charge in [0.2, 0.25) is 5.91 Å². The summed E-state index contributed by atoms with van der Waals surface area (Å²) in [4.78, 5) is 25.1. The number of nitrogen functional groups attached to an aromatic ring is 1. The molecule has 0 saturated carbocycles. The van der Waals surface area contributed by atoms with Gasteiger partial charge in [-0.2, -0.15) is 13.2 Å². The molecular formula is C29H22F3N3O2. The first-order chi connectivity index (χ1) is 17.7. The van der Waals surface area contributed by atoms with Gasteiger partial charge in [-0.3, -0.25) is 9.59 Å². The molecule has 0 radical (unpaired) electrons. The first-order valence-electron chi connectivity index (χ1n) is 11.2. The number of nitrogens with two attached hydrogens (primary N) is 1. The van der Waals surface area contributed by atoms with Crippen molar-refractivity contribution in [2.24, 2.45) is 0 Å². The Morgan fingerprint density at radius 2 is 1.41 bits per heavy atom. The number of hydrogen-bond donors (Lipinski definition) is 3. The lowest BCUT2D eigenvalue weighted by Gasteiger charge is -2.12. The van der Waals surface area contributed by atoms with E-state index in [0.717, 1.165) is 17.7 Å². The molecule has 0 fully saturated rings. The maximum Gasteiger partial charge on any atom is 0.416 e. The summed E-state index contributed by atoms with van der Waals surface area (Å²) in [5.41, 5.74) is 8.64. The number of nitrogens with one attached hydrogen (secondary N) is 2. The van der Waals surface area contributed by atoms with Gasteiger partial charge in [0.25, 0.3) is 5.91 Å². The van der Waals surface area contributed by atoms with Gasteiger partial charge >= 0.3 is 6.18 Å². The van der Waals surface area contributed by atoms with Crippen LogP contribution < -0.4 is 16.4 Å². The Morgan fingerprint density at radius 1 is 0.757 bits per heavy atom. The summed E-state index contributed by atoms with van der Waals surface area (Å²) in [6.45, 7) is 0. The molecule has 0 aliphatic rings. The van der Waals surface area contributed by atoms with E-state index in [1.165, 1.54) is 18.2 Å². The molecule has 4 aromatic rings. The minimum Gasteiger partial charge on any atom is -0.397 e. The highest BCUT2D eigenvalue weighted by molar-refractivity contribution is 6.09. The first kappa shape index (κ1) is 25.2. The molecular weight excluding hydrogens is 479 g/mol. The van der Waals surface area contributed by atoms with E-state index in [2.05, 4.69) is 10.6 Å². The molecule has 0 spiro atoms. The second-order valence-electron chi connectivity index (χ2n) is 8.11. The van der Waals surface area contributed by atoms with Crippen LogP contribution in [0.3, 0.4) is 0 Å². The van der Waals surface area contributed by atoms with Gasteiger partial charge in [-0.15, -0.1) is 0 Å². The van der Waals surface area contributed by atoms with E-state index < -0.39 is 17.6 Å². The summed E-state index contributed by atoms with van der Waals surface area (Å²) in [6.07, 6.45) is -1.43. The lowest BCUT2D eigenvalue weighted by Crippen LogP contribution is -2.13. The number of halogens is 3. The number of alkyl halides is 3. The molecule has 0 atom stereocenters. The monoisotopic (exact) mass is 501 g/mol. The zero-order chi connectivity index (χ0) is 26.4. The Kier molecular flexibility index (Phi) is 7.39. The summed E-state index contributed by atoms with van der Waals surface area (Å²) >= 11 is 0. The van der Waals surface area contributed by atoms with Crippen LogP contribution in [0.15, 0.2) is 103 Å². The van der Waals surface area contributed by atoms with Crippen molar-refractivity contribution in [3.63, 3.8) is 0 Å². The van der Waals surface area contributed by atoms with Gasteiger partial charge < -0.3 is 16.4 Å². The van der Waals surface area contributed by atoms with Gasteiger partial charge in [0.05, 0.1) is 16.9 Å². The number of amides is 2. The van der Waals surface area contributed by atoms with Gasteiger partial charge in [0.1, 0.15) is 0 Å². The minimum atomic E-state index is -4.43. The van der Waals surface area contributed by atoms with Crippen LogP contribution >= 0.6 is 0 Å². The van der Waals surface area contributed by atoms with Gasteiger partial charge in [0, 0.05) is 17.3 Å². The fourth-order valence-electron chi connectivity index (χ4n) is 3.60. The van der Waals surface area contributed by atoms with Crippen LogP contribution in [-0.2, 0) is 11.0 Å². The molecule has 37 heavy (non-hydrogen) atoms. The van der Waals surface area contributed by atoms with Crippen molar-refractivity contribution in [1.29, 1.82) is 0 Å². The van der Waals surface area contributed by atoms with Crippen LogP contribution in [0.2, 0.25) is 0 Å². The van der Waals surface area contributed by atoms with Crippen molar-refractivity contribution < 1.29 is 22.8 Å². The van der Waals surface area contributed by atoms with E-state index in [0.29, 0.717) is 33.8 Å². The lowest BCUT2D eigenvalue weighted by molar-refractivity contribution is -0.137. The molecule has 8 heteroatoms. The number of benzene rings is 4. The van der Waals surface area contributed by atoms with Crippen LogP contribution in [0.25, 0.3) is 17.2 Å². The number of hydrogen-bond acceptors (Lipinski definition) is 3. The number of rotatable bonds is 6. The van der Waals surface area contributed by atoms with Crippen molar-refractivity contribution in [3.05, 3.63) is 120 Å². The Labute approximate surface area is 211 Å². The van der Waals surface area contributed by atoms with Crippen LogP contribution in [0.5, 0.6) is 0 Å². The molecule has 0 aliphatic carbocycles. The topological polar surface area (TPSA) is 84.2 Å². The summed E-state index contributed by atoms with van der Waals surface area (Å²) in [5.74, 6) is -0.742. The largest absolute Gasteiger partial charge is 0.416 e. The van der Waals surface area contributed by atoms with E-state index in [4.69, 9.17) is 5.73 Å². The standard InChI is InChI=1S/C29H22F3N3O2/c30-29(31,32)21-14-12-20(13-15-21)23-5-1-2-6-24(23)28(37)34-22-16-9-19(10-17-22)11-18-27(36)35-26-8-4-3-7-25(26)33/h1-18H,33H2,(H,34,37)(H,35,36)/b18-11+.